The Hall–Kier alpha value is -1.58. The van der Waals surface area contributed by atoms with Gasteiger partial charge in [-0.25, -0.2) is 4.98 Å². The maximum atomic E-state index is 6.17. The first-order valence-electron chi connectivity index (χ1n) is 6.23. The third-order valence-electron chi connectivity index (χ3n) is 2.92. The number of aromatic nitrogens is 1. The van der Waals surface area contributed by atoms with Gasteiger partial charge in [-0.15, -0.1) is 0 Å². The van der Waals surface area contributed by atoms with E-state index < -0.39 is 0 Å². The van der Waals surface area contributed by atoms with Crippen molar-refractivity contribution in [3.63, 3.8) is 0 Å². The predicted molar refractivity (Wildman–Crippen MR) is 77.7 cm³/mol. The minimum Gasteiger partial charge on any atom is -0.438 e. The first kappa shape index (κ1) is 13.8. The number of benzene rings is 1. The van der Waals surface area contributed by atoms with Gasteiger partial charge in [0.15, 0.2) is 0 Å². The predicted octanol–water partition coefficient (Wildman–Crippen LogP) is 4.11. The van der Waals surface area contributed by atoms with Gasteiger partial charge in [0.1, 0.15) is 10.8 Å². The molecule has 4 heteroatoms. The molecule has 0 aliphatic carbocycles. The van der Waals surface area contributed by atoms with Crippen molar-refractivity contribution in [1.29, 1.82) is 0 Å². The van der Waals surface area contributed by atoms with E-state index in [-0.39, 0.29) is 0 Å². The molecule has 0 amide bonds. The molecule has 2 rings (SSSR count). The number of pyridine rings is 1. The van der Waals surface area contributed by atoms with Crippen LogP contribution in [0.3, 0.4) is 0 Å². The molecule has 0 saturated carbocycles. The molecule has 0 radical (unpaired) electrons. The monoisotopic (exact) mass is 276 g/mol. The number of hydrogen-bond donors (Lipinski definition) is 1. The van der Waals surface area contributed by atoms with Gasteiger partial charge >= 0.3 is 0 Å². The smallest absolute Gasteiger partial charge is 0.238 e. The SMILES string of the molecule is CC(C)c1ccc(Oc2nccc(CN)c2Cl)cc1. The number of halogens is 1. The van der Waals surface area contributed by atoms with Crippen molar-refractivity contribution in [3.8, 4) is 11.6 Å². The van der Waals surface area contributed by atoms with Gasteiger partial charge in [-0.3, -0.25) is 0 Å². The van der Waals surface area contributed by atoms with Gasteiger partial charge in [-0.2, -0.15) is 0 Å². The summed E-state index contributed by atoms with van der Waals surface area (Å²) in [6.07, 6.45) is 1.64. The summed E-state index contributed by atoms with van der Waals surface area (Å²) in [5, 5.41) is 0.470. The molecule has 0 bridgehead atoms. The Morgan fingerprint density at radius 3 is 2.47 bits per heavy atom. The highest BCUT2D eigenvalue weighted by Crippen LogP contribution is 2.30. The third kappa shape index (κ3) is 3.25. The minimum atomic E-state index is 0.365. The molecule has 100 valence electrons. The average Bonchev–Trinajstić information content (AvgIpc) is 2.42. The summed E-state index contributed by atoms with van der Waals surface area (Å²) in [4.78, 5) is 4.13. The summed E-state index contributed by atoms with van der Waals surface area (Å²) in [7, 11) is 0. The van der Waals surface area contributed by atoms with Gasteiger partial charge in [-0.1, -0.05) is 37.6 Å². The Bertz CT molecular complexity index is 553. The Kier molecular flexibility index (Phi) is 4.40. The summed E-state index contributed by atoms with van der Waals surface area (Å²) in [6.45, 7) is 4.67. The van der Waals surface area contributed by atoms with E-state index in [4.69, 9.17) is 22.1 Å². The Morgan fingerprint density at radius 1 is 1.21 bits per heavy atom. The van der Waals surface area contributed by atoms with Crippen LogP contribution in [0.5, 0.6) is 11.6 Å². The van der Waals surface area contributed by atoms with Gasteiger partial charge in [0.2, 0.25) is 5.88 Å². The van der Waals surface area contributed by atoms with Crippen molar-refractivity contribution in [1.82, 2.24) is 4.98 Å². The summed E-state index contributed by atoms with van der Waals surface area (Å²) < 4.78 is 5.69. The van der Waals surface area contributed by atoms with Crippen molar-refractivity contribution in [3.05, 3.63) is 52.7 Å². The number of rotatable bonds is 4. The quantitative estimate of drug-likeness (QED) is 0.914. The van der Waals surface area contributed by atoms with Crippen LogP contribution in [0.1, 0.15) is 30.9 Å². The standard InChI is InChI=1S/C15H17ClN2O/c1-10(2)11-3-5-13(6-4-11)19-15-14(16)12(9-17)7-8-18-15/h3-8,10H,9,17H2,1-2H3. The highest BCUT2D eigenvalue weighted by molar-refractivity contribution is 6.32. The maximum Gasteiger partial charge on any atom is 0.238 e. The summed E-state index contributed by atoms with van der Waals surface area (Å²) in [5.41, 5.74) is 7.69. The van der Waals surface area contributed by atoms with E-state index >= 15 is 0 Å². The first-order valence-corrected chi connectivity index (χ1v) is 6.61. The highest BCUT2D eigenvalue weighted by atomic mass is 35.5. The van der Waals surface area contributed by atoms with Crippen molar-refractivity contribution in [2.45, 2.75) is 26.3 Å². The van der Waals surface area contributed by atoms with E-state index in [1.54, 1.807) is 12.3 Å². The molecule has 0 unspecified atom stereocenters. The number of ether oxygens (including phenoxy) is 1. The van der Waals surface area contributed by atoms with Crippen LogP contribution in [-0.4, -0.2) is 4.98 Å². The molecule has 19 heavy (non-hydrogen) atoms. The van der Waals surface area contributed by atoms with Crippen molar-refractivity contribution < 1.29 is 4.74 Å². The third-order valence-corrected chi connectivity index (χ3v) is 3.32. The lowest BCUT2D eigenvalue weighted by atomic mass is 10.0. The molecule has 1 aromatic heterocycles. The van der Waals surface area contributed by atoms with E-state index in [1.807, 2.05) is 24.3 Å². The highest BCUT2D eigenvalue weighted by Gasteiger charge is 2.09. The van der Waals surface area contributed by atoms with Crippen molar-refractivity contribution in [2.75, 3.05) is 0 Å². The molecule has 3 nitrogen and oxygen atoms in total. The molecule has 0 fully saturated rings. The molecule has 0 saturated heterocycles. The van der Waals surface area contributed by atoms with E-state index in [2.05, 4.69) is 18.8 Å². The fraction of sp³-hybridized carbons (Fsp3) is 0.267. The van der Waals surface area contributed by atoms with Gasteiger partial charge < -0.3 is 10.5 Å². The van der Waals surface area contributed by atoms with Crippen LogP contribution in [0.2, 0.25) is 5.02 Å². The molecule has 1 aromatic carbocycles. The number of nitrogens with zero attached hydrogens (tertiary/aromatic N) is 1. The molecule has 0 aliphatic heterocycles. The number of hydrogen-bond acceptors (Lipinski definition) is 3. The second-order valence-corrected chi connectivity index (χ2v) is 5.00. The fourth-order valence-corrected chi connectivity index (χ4v) is 1.95. The zero-order valence-electron chi connectivity index (χ0n) is 11.1. The summed E-state index contributed by atoms with van der Waals surface area (Å²) in [6, 6.07) is 9.71. The van der Waals surface area contributed by atoms with E-state index in [1.165, 1.54) is 5.56 Å². The Labute approximate surface area is 118 Å². The Morgan fingerprint density at radius 2 is 1.89 bits per heavy atom. The zero-order valence-corrected chi connectivity index (χ0v) is 11.8. The van der Waals surface area contributed by atoms with Crippen LogP contribution in [0.4, 0.5) is 0 Å². The second kappa shape index (κ2) is 6.04. The Balaban J connectivity index is 2.21. The van der Waals surface area contributed by atoms with Crippen molar-refractivity contribution >= 4 is 11.6 Å². The molecule has 2 N–H and O–H groups in total. The van der Waals surface area contributed by atoms with Crippen LogP contribution in [-0.2, 0) is 6.54 Å². The van der Waals surface area contributed by atoms with Gasteiger partial charge in [0, 0.05) is 12.7 Å². The van der Waals surface area contributed by atoms with Crippen molar-refractivity contribution in [2.24, 2.45) is 5.73 Å². The van der Waals surface area contributed by atoms with Gasteiger partial charge in [0.25, 0.3) is 0 Å². The normalized spacial score (nSPS) is 10.8. The lowest BCUT2D eigenvalue weighted by Crippen LogP contribution is -1.99. The molecule has 1 heterocycles. The molecule has 0 atom stereocenters. The second-order valence-electron chi connectivity index (χ2n) is 4.62. The molecular weight excluding hydrogens is 260 g/mol. The topological polar surface area (TPSA) is 48.1 Å². The first-order chi connectivity index (χ1) is 9.11. The molecule has 0 aliphatic rings. The van der Waals surface area contributed by atoms with Crippen LogP contribution < -0.4 is 10.5 Å². The van der Waals surface area contributed by atoms with Crippen LogP contribution in [0.15, 0.2) is 36.5 Å². The molecule has 2 aromatic rings. The van der Waals surface area contributed by atoms with Gasteiger partial charge in [0.05, 0.1) is 0 Å². The van der Waals surface area contributed by atoms with Crippen LogP contribution >= 0.6 is 11.6 Å². The van der Waals surface area contributed by atoms with Crippen LogP contribution in [0.25, 0.3) is 0 Å². The van der Waals surface area contributed by atoms with E-state index in [9.17, 15) is 0 Å². The molecule has 0 spiro atoms. The lowest BCUT2D eigenvalue weighted by molar-refractivity contribution is 0.462. The zero-order chi connectivity index (χ0) is 13.8. The average molecular weight is 277 g/mol. The summed E-state index contributed by atoms with van der Waals surface area (Å²) >= 11 is 6.17. The largest absolute Gasteiger partial charge is 0.438 e. The fourth-order valence-electron chi connectivity index (χ4n) is 1.72. The number of nitrogens with two attached hydrogens (primary N) is 1. The molecular formula is C15H17ClN2O. The van der Waals surface area contributed by atoms with E-state index in [0.29, 0.717) is 29.1 Å². The lowest BCUT2D eigenvalue weighted by Gasteiger charge is -2.10. The van der Waals surface area contributed by atoms with Crippen LogP contribution in [0, 0.1) is 0 Å². The minimum absolute atomic E-state index is 0.365. The summed E-state index contributed by atoms with van der Waals surface area (Å²) in [5.74, 6) is 1.60. The van der Waals surface area contributed by atoms with E-state index in [0.717, 1.165) is 5.56 Å². The maximum absolute atomic E-state index is 6.17. The van der Waals surface area contributed by atoms with Gasteiger partial charge in [-0.05, 0) is 35.2 Å².